The molecule has 0 aromatic heterocycles. The van der Waals surface area contributed by atoms with Crippen molar-refractivity contribution in [2.75, 3.05) is 6.54 Å². The lowest BCUT2D eigenvalue weighted by atomic mass is 10.1. The van der Waals surface area contributed by atoms with Gasteiger partial charge in [-0.05, 0) is 44.0 Å². The van der Waals surface area contributed by atoms with E-state index < -0.39 is 0 Å². The van der Waals surface area contributed by atoms with Crippen LogP contribution in [-0.2, 0) is 4.79 Å². The van der Waals surface area contributed by atoms with Crippen LogP contribution < -0.4 is 10.6 Å². The van der Waals surface area contributed by atoms with Crippen LogP contribution in [-0.4, -0.2) is 18.5 Å². The van der Waals surface area contributed by atoms with Crippen LogP contribution in [0.1, 0.15) is 31.4 Å². The van der Waals surface area contributed by atoms with Crippen molar-refractivity contribution >= 4 is 21.8 Å². The van der Waals surface area contributed by atoms with Gasteiger partial charge in [-0.3, -0.25) is 4.79 Å². The molecule has 92 valence electrons. The fourth-order valence-electron chi connectivity index (χ4n) is 2.08. The Hall–Kier alpha value is -0.870. The fraction of sp³-hybridized carbons (Fsp3) is 0.462. The van der Waals surface area contributed by atoms with Gasteiger partial charge in [0.1, 0.15) is 0 Å². The molecule has 1 fully saturated rings. The number of carbonyl (C=O) groups excluding carboxylic acids is 1. The highest BCUT2D eigenvalue weighted by atomic mass is 79.9. The number of hydrogen-bond acceptors (Lipinski definition) is 2. The van der Waals surface area contributed by atoms with Crippen molar-refractivity contribution in [2.45, 2.75) is 31.8 Å². The second-order valence-electron chi connectivity index (χ2n) is 4.43. The summed E-state index contributed by atoms with van der Waals surface area (Å²) in [7, 11) is 0. The molecule has 0 aliphatic carbocycles. The molecular formula is C13H17BrN2O. The zero-order chi connectivity index (χ0) is 12.3. The molecule has 2 atom stereocenters. The first kappa shape index (κ1) is 12.6. The number of nitrogens with one attached hydrogen (secondary N) is 2. The highest BCUT2D eigenvalue weighted by Gasteiger charge is 2.23. The van der Waals surface area contributed by atoms with Crippen LogP contribution in [0.5, 0.6) is 0 Å². The summed E-state index contributed by atoms with van der Waals surface area (Å²) in [6, 6.07) is 8.06. The van der Waals surface area contributed by atoms with Gasteiger partial charge in [0, 0.05) is 4.47 Å². The zero-order valence-electron chi connectivity index (χ0n) is 9.87. The Kier molecular flexibility index (Phi) is 4.18. The Balaban J connectivity index is 1.96. The van der Waals surface area contributed by atoms with Crippen molar-refractivity contribution in [3.8, 4) is 0 Å². The molecule has 0 unspecified atom stereocenters. The molecule has 1 amide bonds. The summed E-state index contributed by atoms with van der Waals surface area (Å²) in [5.41, 5.74) is 1.12. The molecule has 1 saturated heterocycles. The van der Waals surface area contributed by atoms with Crippen LogP contribution >= 0.6 is 15.9 Å². The molecule has 0 saturated carbocycles. The third-order valence-electron chi connectivity index (χ3n) is 3.08. The minimum Gasteiger partial charge on any atom is -0.348 e. The van der Waals surface area contributed by atoms with Gasteiger partial charge < -0.3 is 10.6 Å². The molecule has 2 rings (SSSR count). The van der Waals surface area contributed by atoms with Gasteiger partial charge in [-0.15, -0.1) is 0 Å². The minimum absolute atomic E-state index is 0.00963. The highest BCUT2D eigenvalue weighted by Crippen LogP contribution is 2.18. The number of rotatable bonds is 3. The third-order valence-corrected chi connectivity index (χ3v) is 3.58. The smallest absolute Gasteiger partial charge is 0.237 e. The number of benzene rings is 1. The van der Waals surface area contributed by atoms with E-state index in [4.69, 9.17) is 0 Å². The maximum Gasteiger partial charge on any atom is 0.237 e. The second-order valence-corrected chi connectivity index (χ2v) is 5.35. The molecule has 2 N–H and O–H groups in total. The molecule has 4 heteroatoms. The number of amides is 1. The van der Waals surface area contributed by atoms with Crippen LogP contribution in [0.2, 0.25) is 0 Å². The van der Waals surface area contributed by atoms with Crippen LogP contribution in [0.15, 0.2) is 28.7 Å². The van der Waals surface area contributed by atoms with Crippen LogP contribution in [0.3, 0.4) is 0 Å². The third kappa shape index (κ3) is 3.30. The molecule has 1 aliphatic heterocycles. The average Bonchev–Trinajstić information content (AvgIpc) is 2.82. The van der Waals surface area contributed by atoms with Crippen molar-refractivity contribution in [1.29, 1.82) is 0 Å². The summed E-state index contributed by atoms with van der Waals surface area (Å²) in [6.45, 7) is 2.96. The van der Waals surface area contributed by atoms with Crippen molar-refractivity contribution in [2.24, 2.45) is 0 Å². The summed E-state index contributed by atoms with van der Waals surface area (Å²) < 4.78 is 1.04. The standard InChI is InChI=1S/C13H17BrN2O/c1-9(10-4-2-5-11(14)8-10)16-13(17)12-6-3-7-15-12/h2,4-5,8-9,12,15H,3,6-7H2,1H3,(H,16,17)/t9-,12+/m0/s1. The minimum atomic E-state index is -0.00963. The predicted molar refractivity (Wildman–Crippen MR) is 71.7 cm³/mol. The van der Waals surface area contributed by atoms with Gasteiger partial charge in [0.15, 0.2) is 0 Å². The van der Waals surface area contributed by atoms with E-state index in [1.165, 1.54) is 0 Å². The molecule has 3 nitrogen and oxygen atoms in total. The lowest BCUT2D eigenvalue weighted by Gasteiger charge is -2.17. The van der Waals surface area contributed by atoms with Gasteiger partial charge in [-0.2, -0.15) is 0 Å². The van der Waals surface area contributed by atoms with Crippen molar-refractivity contribution < 1.29 is 4.79 Å². The van der Waals surface area contributed by atoms with E-state index in [2.05, 4.69) is 26.6 Å². The van der Waals surface area contributed by atoms with Gasteiger partial charge in [-0.1, -0.05) is 28.1 Å². The Bertz CT molecular complexity index is 402. The normalized spacial score (nSPS) is 21.2. The first-order valence-electron chi connectivity index (χ1n) is 5.96. The molecule has 1 heterocycles. The van der Waals surface area contributed by atoms with Gasteiger partial charge >= 0.3 is 0 Å². The SMILES string of the molecule is C[C@H](NC(=O)[C@H]1CCCN1)c1cccc(Br)c1. The second kappa shape index (κ2) is 5.65. The van der Waals surface area contributed by atoms with Crippen molar-refractivity contribution in [3.63, 3.8) is 0 Å². The van der Waals surface area contributed by atoms with E-state index in [1.54, 1.807) is 0 Å². The number of hydrogen-bond donors (Lipinski definition) is 2. The molecule has 1 aromatic carbocycles. The largest absolute Gasteiger partial charge is 0.348 e. The van der Waals surface area contributed by atoms with E-state index in [0.717, 1.165) is 29.4 Å². The van der Waals surface area contributed by atoms with Gasteiger partial charge in [0.25, 0.3) is 0 Å². The first-order valence-corrected chi connectivity index (χ1v) is 6.75. The summed E-state index contributed by atoms with van der Waals surface area (Å²) in [5, 5.41) is 6.25. The molecule has 0 radical (unpaired) electrons. The summed E-state index contributed by atoms with van der Waals surface area (Å²) in [6.07, 6.45) is 2.03. The Morgan fingerprint density at radius 3 is 3.06 bits per heavy atom. The van der Waals surface area contributed by atoms with E-state index in [-0.39, 0.29) is 18.0 Å². The molecule has 1 aliphatic rings. The predicted octanol–water partition coefficient (Wildman–Crippen LogP) is 2.38. The fourth-order valence-corrected chi connectivity index (χ4v) is 2.50. The highest BCUT2D eigenvalue weighted by molar-refractivity contribution is 9.10. The summed E-state index contributed by atoms with van der Waals surface area (Å²) in [4.78, 5) is 11.9. The Labute approximate surface area is 110 Å². The average molecular weight is 297 g/mol. The number of carbonyl (C=O) groups is 1. The topological polar surface area (TPSA) is 41.1 Å². The summed E-state index contributed by atoms with van der Waals surface area (Å²) >= 11 is 3.44. The number of halogens is 1. The molecular weight excluding hydrogens is 280 g/mol. The van der Waals surface area contributed by atoms with Crippen LogP contribution in [0.4, 0.5) is 0 Å². The summed E-state index contributed by atoms with van der Waals surface area (Å²) in [5.74, 6) is 0.106. The van der Waals surface area contributed by atoms with Gasteiger partial charge in [0.2, 0.25) is 5.91 Å². The van der Waals surface area contributed by atoms with Gasteiger partial charge in [0.05, 0.1) is 12.1 Å². The lowest BCUT2D eigenvalue weighted by Crippen LogP contribution is -2.41. The molecule has 1 aromatic rings. The maximum atomic E-state index is 11.9. The zero-order valence-corrected chi connectivity index (χ0v) is 11.5. The first-order chi connectivity index (χ1) is 8.16. The van der Waals surface area contributed by atoms with Crippen LogP contribution in [0.25, 0.3) is 0 Å². The molecule has 17 heavy (non-hydrogen) atoms. The van der Waals surface area contributed by atoms with Crippen molar-refractivity contribution in [1.82, 2.24) is 10.6 Å². The Morgan fingerprint density at radius 2 is 2.41 bits per heavy atom. The van der Waals surface area contributed by atoms with Crippen LogP contribution in [0, 0.1) is 0 Å². The van der Waals surface area contributed by atoms with Gasteiger partial charge in [-0.25, -0.2) is 0 Å². The maximum absolute atomic E-state index is 11.9. The van der Waals surface area contributed by atoms with E-state index in [1.807, 2.05) is 31.2 Å². The quantitative estimate of drug-likeness (QED) is 0.899. The lowest BCUT2D eigenvalue weighted by molar-refractivity contribution is -0.123. The Morgan fingerprint density at radius 1 is 1.59 bits per heavy atom. The van der Waals surface area contributed by atoms with E-state index >= 15 is 0 Å². The molecule has 0 bridgehead atoms. The molecule has 0 spiro atoms. The van der Waals surface area contributed by atoms with Crippen molar-refractivity contribution in [3.05, 3.63) is 34.3 Å². The van der Waals surface area contributed by atoms with E-state index in [9.17, 15) is 4.79 Å². The monoisotopic (exact) mass is 296 g/mol. The van der Waals surface area contributed by atoms with E-state index in [0.29, 0.717) is 0 Å².